The molecular formula is C47H54N5O8P. The topological polar surface area (TPSA) is 139 Å². The smallest absolute Gasteiger partial charge is 0.351 e. The minimum Gasteiger partial charge on any atom is -0.497 e. The zero-order valence-electron chi connectivity index (χ0n) is 35.9. The second kappa shape index (κ2) is 18.4. The molecule has 2 aliphatic rings. The number of nitrogens with zero attached hydrogens (tertiary/aromatic N) is 4. The number of anilines is 2. The number of para-hydroxylation sites is 1. The molecule has 5 atom stereocenters. The summed E-state index contributed by atoms with van der Waals surface area (Å²) in [7, 11) is 1.39. The Hall–Kier alpha value is -5.16. The van der Waals surface area contributed by atoms with Gasteiger partial charge >= 0.3 is 5.69 Å². The van der Waals surface area contributed by atoms with Gasteiger partial charge in [0.25, 0.3) is 8.53 Å². The Morgan fingerprint density at radius 1 is 0.836 bits per heavy atom. The van der Waals surface area contributed by atoms with Gasteiger partial charge in [0.2, 0.25) is 5.79 Å². The maximum atomic E-state index is 14.1. The van der Waals surface area contributed by atoms with E-state index in [0.29, 0.717) is 17.3 Å². The van der Waals surface area contributed by atoms with Gasteiger partial charge in [-0.2, -0.15) is 10.2 Å². The van der Waals surface area contributed by atoms with E-state index < -0.39 is 49.6 Å². The van der Waals surface area contributed by atoms with Gasteiger partial charge in [0, 0.05) is 24.0 Å². The van der Waals surface area contributed by atoms with Crippen LogP contribution in [0.2, 0.25) is 0 Å². The first-order valence-electron chi connectivity index (χ1n) is 20.4. The lowest BCUT2D eigenvalue weighted by Crippen LogP contribution is -2.60. The average Bonchev–Trinajstić information content (AvgIpc) is 3.66. The Kier molecular flexibility index (Phi) is 13.3. The van der Waals surface area contributed by atoms with Crippen molar-refractivity contribution >= 4 is 20.0 Å². The second-order valence-corrected chi connectivity index (χ2v) is 17.3. The van der Waals surface area contributed by atoms with Gasteiger partial charge in [-0.05, 0) is 101 Å². The van der Waals surface area contributed by atoms with Crippen molar-refractivity contribution in [2.24, 2.45) is 0 Å². The van der Waals surface area contributed by atoms with E-state index in [1.165, 1.54) is 4.57 Å². The van der Waals surface area contributed by atoms with Crippen LogP contribution in [0, 0.1) is 11.3 Å². The molecule has 0 radical (unpaired) electrons. The molecule has 5 aromatic rings. The molecule has 13 nitrogen and oxygen atoms in total. The van der Waals surface area contributed by atoms with E-state index in [0.717, 1.165) is 22.4 Å². The highest BCUT2D eigenvalue weighted by Gasteiger charge is 2.76. The number of nitrogens with one attached hydrogen (secondary N) is 1. The number of nitriles is 1. The van der Waals surface area contributed by atoms with E-state index in [-0.39, 0.29) is 25.1 Å². The van der Waals surface area contributed by atoms with Gasteiger partial charge in [-0.25, -0.2) is 9.46 Å². The number of rotatable bonds is 18. The predicted molar refractivity (Wildman–Crippen MR) is 234 cm³/mol. The van der Waals surface area contributed by atoms with E-state index in [1.807, 2.05) is 123 Å². The van der Waals surface area contributed by atoms with Gasteiger partial charge in [-0.3, -0.25) is 4.57 Å². The summed E-state index contributed by atoms with van der Waals surface area (Å²) in [5.41, 5.74) is -0.0506. The first-order valence-corrected chi connectivity index (χ1v) is 21.6. The van der Waals surface area contributed by atoms with Crippen LogP contribution in [-0.2, 0) is 28.9 Å². The van der Waals surface area contributed by atoms with E-state index in [1.54, 1.807) is 26.5 Å². The molecule has 2 saturated heterocycles. The van der Waals surface area contributed by atoms with Crippen molar-refractivity contribution in [3.63, 3.8) is 0 Å². The van der Waals surface area contributed by atoms with Crippen LogP contribution < -0.4 is 20.5 Å². The molecule has 0 spiro atoms. The summed E-state index contributed by atoms with van der Waals surface area (Å²) < 4.78 is 50.8. The van der Waals surface area contributed by atoms with Crippen LogP contribution in [0.4, 0.5) is 11.5 Å². The number of benzene rings is 4. The Morgan fingerprint density at radius 2 is 1.39 bits per heavy atom. The normalized spacial score (nSPS) is 21.1. The third kappa shape index (κ3) is 8.55. The summed E-state index contributed by atoms with van der Waals surface area (Å²) in [5.74, 6) is -0.0312. The molecule has 4 aromatic carbocycles. The maximum absolute atomic E-state index is 14.1. The molecule has 2 aliphatic heterocycles. The molecule has 320 valence electrons. The standard InChI is InChI=1S/C47H54N5O8P/c1-32(2)52(33(3)4)61(56-31-15-29-48)59-42-41-43(51-30-28-40(50-44(51)53)49-37-18-13-10-14-19-37)58-47(42,45(5,6)57-41)60-46(34-16-11-9-12-17-34,35-20-24-38(54-7)25-21-35)36-22-26-39(55-8)27-23-36/h9-14,16-28,30,32-33,41-43H,15,31H2,1-8H3,(H,49,50,53)/t41-,42-,43+,47-,61?/m0/s1. The summed E-state index contributed by atoms with van der Waals surface area (Å²) in [6, 6.07) is 38.8. The summed E-state index contributed by atoms with van der Waals surface area (Å²) in [5, 5.41) is 12.7. The van der Waals surface area contributed by atoms with Gasteiger partial charge in [0.1, 0.15) is 34.6 Å². The molecule has 61 heavy (non-hydrogen) atoms. The third-order valence-electron chi connectivity index (χ3n) is 11.0. The second-order valence-electron chi connectivity index (χ2n) is 15.9. The van der Waals surface area contributed by atoms with Crippen LogP contribution in [0.1, 0.15) is 70.9 Å². The first kappa shape index (κ1) is 43.9. The number of hydrogen-bond acceptors (Lipinski definition) is 12. The zero-order chi connectivity index (χ0) is 43.4. The van der Waals surface area contributed by atoms with Crippen LogP contribution in [0.25, 0.3) is 0 Å². The fourth-order valence-corrected chi connectivity index (χ4v) is 9.98. The largest absolute Gasteiger partial charge is 0.497 e. The van der Waals surface area contributed by atoms with Gasteiger partial charge < -0.3 is 38.0 Å². The highest BCUT2D eigenvalue weighted by molar-refractivity contribution is 7.44. The van der Waals surface area contributed by atoms with Crippen LogP contribution >= 0.6 is 8.53 Å². The molecule has 0 amide bonds. The van der Waals surface area contributed by atoms with E-state index >= 15 is 0 Å². The zero-order valence-corrected chi connectivity index (χ0v) is 36.7. The molecule has 7 rings (SSSR count). The summed E-state index contributed by atoms with van der Waals surface area (Å²) in [6.07, 6.45) is -1.13. The number of hydrogen-bond donors (Lipinski definition) is 1. The van der Waals surface area contributed by atoms with Crippen molar-refractivity contribution in [2.75, 3.05) is 26.1 Å². The number of ether oxygens (including phenoxy) is 5. The van der Waals surface area contributed by atoms with Crippen molar-refractivity contribution in [2.45, 2.75) is 95.5 Å². The molecule has 3 heterocycles. The minimum absolute atomic E-state index is 0.00625. The fraction of sp³-hybridized carbons (Fsp3) is 0.383. The van der Waals surface area contributed by atoms with Gasteiger partial charge in [-0.1, -0.05) is 72.8 Å². The molecule has 0 aliphatic carbocycles. The summed E-state index contributed by atoms with van der Waals surface area (Å²) in [6.45, 7) is 12.3. The molecule has 0 saturated carbocycles. The van der Waals surface area contributed by atoms with Crippen molar-refractivity contribution in [3.8, 4) is 17.6 Å². The summed E-state index contributed by atoms with van der Waals surface area (Å²) >= 11 is 0. The number of fused-ring (bicyclic) bond motifs is 2. The van der Waals surface area contributed by atoms with Crippen LogP contribution in [0.15, 0.2) is 126 Å². The lowest BCUT2D eigenvalue weighted by Gasteiger charge is -2.49. The molecule has 1 N–H and O–H groups in total. The van der Waals surface area contributed by atoms with Crippen molar-refractivity contribution in [3.05, 3.63) is 149 Å². The SMILES string of the molecule is COc1ccc(C(O[C@]23O[C@@H](n4ccc(Nc5ccccc5)nc4=O)[C@@H](OC2(C)C)[C@@H]3OP(OCCC#N)N(C(C)C)C(C)C)(c2ccccc2)c2ccc(OC)cc2)cc1. The molecule has 14 heteroatoms. The van der Waals surface area contributed by atoms with Crippen molar-refractivity contribution in [1.29, 1.82) is 5.26 Å². The van der Waals surface area contributed by atoms with Gasteiger partial charge in [0.15, 0.2) is 12.3 Å². The fourth-order valence-electron chi connectivity index (χ4n) is 8.22. The van der Waals surface area contributed by atoms with E-state index in [4.69, 9.17) is 32.7 Å². The predicted octanol–water partition coefficient (Wildman–Crippen LogP) is 9.08. The monoisotopic (exact) mass is 847 g/mol. The van der Waals surface area contributed by atoms with Gasteiger partial charge in [-0.15, -0.1) is 0 Å². The Morgan fingerprint density at radius 3 is 1.92 bits per heavy atom. The Labute approximate surface area is 359 Å². The molecular weight excluding hydrogens is 794 g/mol. The van der Waals surface area contributed by atoms with E-state index in [2.05, 4.69) is 48.7 Å². The number of aromatic nitrogens is 2. The quantitative estimate of drug-likeness (QED) is 0.0512. The van der Waals surface area contributed by atoms with E-state index in [9.17, 15) is 10.1 Å². The lowest BCUT2D eigenvalue weighted by atomic mass is 9.79. The Balaban J connectivity index is 1.44. The highest BCUT2D eigenvalue weighted by Crippen LogP contribution is 2.63. The van der Waals surface area contributed by atoms with Crippen molar-refractivity contribution in [1.82, 2.24) is 14.2 Å². The Bertz CT molecular complexity index is 2270. The molecule has 2 bridgehead atoms. The molecule has 1 unspecified atom stereocenters. The third-order valence-corrected chi connectivity index (χ3v) is 13.1. The van der Waals surface area contributed by atoms with Crippen LogP contribution in [0.5, 0.6) is 11.5 Å². The average molecular weight is 848 g/mol. The van der Waals surface area contributed by atoms with Crippen LogP contribution in [0.3, 0.4) is 0 Å². The minimum atomic E-state index is -1.86. The number of methoxy groups -OCH3 is 2. The highest BCUT2D eigenvalue weighted by atomic mass is 31.2. The van der Waals surface area contributed by atoms with Crippen LogP contribution in [-0.4, -0.2) is 70.7 Å². The lowest BCUT2D eigenvalue weighted by molar-refractivity contribution is -0.367. The first-order chi connectivity index (χ1) is 29.4. The molecule has 1 aromatic heterocycles. The molecule has 2 fully saturated rings. The van der Waals surface area contributed by atoms with Crippen molar-refractivity contribution < 1.29 is 32.7 Å². The maximum Gasteiger partial charge on any atom is 0.351 e. The van der Waals surface area contributed by atoms with Gasteiger partial charge in [0.05, 0.1) is 33.3 Å². The summed E-state index contributed by atoms with van der Waals surface area (Å²) in [4.78, 5) is 18.5.